The number of esters is 1. The van der Waals surface area contributed by atoms with E-state index in [4.69, 9.17) is 9.47 Å². The van der Waals surface area contributed by atoms with Crippen molar-refractivity contribution in [2.75, 3.05) is 7.11 Å². The molecule has 1 amide bonds. The largest absolute Gasteiger partial charge is 0.496 e. The Hall–Kier alpha value is -3.32. The Balaban J connectivity index is 1.68. The standard InChI is InChI=1S/C26H26N2O4S/c1-4-22-24(29)28-20(15-14-19-12-8-9-13-21(19)31-3)23(17(2)27-26(28)33-22)25(30)32-16-18-10-6-5-7-11-18/h5-15,20,22H,4,16H2,1-3H3/b15-14+/t20-,22+/m1/s1. The van der Waals surface area contributed by atoms with Crippen molar-refractivity contribution in [1.82, 2.24) is 4.90 Å². The molecule has 4 rings (SSSR count). The molecule has 0 spiro atoms. The van der Waals surface area contributed by atoms with Gasteiger partial charge < -0.3 is 9.47 Å². The predicted molar refractivity (Wildman–Crippen MR) is 131 cm³/mol. The fourth-order valence-electron chi connectivity index (χ4n) is 3.88. The summed E-state index contributed by atoms with van der Waals surface area (Å²) in [7, 11) is 1.61. The molecule has 0 unspecified atom stereocenters. The van der Waals surface area contributed by atoms with Gasteiger partial charge in [-0.3, -0.25) is 9.69 Å². The molecule has 1 saturated heterocycles. The maximum atomic E-state index is 13.2. The number of methoxy groups -OCH3 is 1. The van der Waals surface area contributed by atoms with E-state index >= 15 is 0 Å². The molecule has 2 aliphatic heterocycles. The van der Waals surface area contributed by atoms with Crippen molar-refractivity contribution >= 4 is 34.9 Å². The molecule has 170 valence electrons. The number of carbonyl (C=O) groups excluding carboxylic acids is 2. The van der Waals surface area contributed by atoms with Crippen LogP contribution in [0.15, 0.2) is 76.9 Å². The van der Waals surface area contributed by atoms with E-state index in [0.29, 0.717) is 28.6 Å². The van der Waals surface area contributed by atoms with Crippen LogP contribution in [-0.4, -0.2) is 40.3 Å². The number of nitrogens with zero attached hydrogens (tertiary/aromatic N) is 2. The van der Waals surface area contributed by atoms with Crippen LogP contribution in [0, 0.1) is 0 Å². The van der Waals surface area contributed by atoms with Crippen LogP contribution in [0.25, 0.3) is 6.08 Å². The SMILES string of the molecule is CC[C@@H]1SC2=NC(C)=C(C(=O)OCc3ccccc3)[C@@H](/C=C/c3ccccc3OC)N2C1=O. The number of hydrogen-bond donors (Lipinski definition) is 0. The Morgan fingerprint density at radius 3 is 2.61 bits per heavy atom. The fraction of sp³-hybridized carbons (Fsp3) is 0.269. The molecule has 2 aromatic carbocycles. The second-order valence-corrected chi connectivity index (χ2v) is 8.89. The number of fused-ring (bicyclic) bond motifs is 1. The molecule has 2 aromatic rings. The lowest BCUT2D eigenvalue weighted by Crippen LogP contribution is -2.45. The van der Waals surface area contributed by atoms with Crippen molar-refractivity contribution in [2.45, 2.75) is 38.2 Å². The minimum atomic E-state index is -0.609. The monoisotopic (exact) mass is 462 g/mol. The Morgan fingerprint density at radius 1 is 1.15 bits per heavy atom. The zero-order chi connectivity index (χ0) is 23.4. The average molecular weight is 463 g/mol. The van der Waals surface area contributed by atoms with Crippen LogP contribution >= 0.6 is 11.8 Å². The van der Waals surface area contributed by atoms with Crippen LogP contribution < -0.4 is 4.74 Å². The molecular formula is C26H26N2O4S. The van der Waals surface area contributed by atoms with Crippen molar-refractivity contribution in [3.63, 3.8) is 0 Å². The van der Waals surface area contributed by atoms with E-state index in [0.717, 1.165) is 11.1 Å². The second kappa shape index (κ2) is 10.1. The maximum absolute atomic E-state index is 13.2. The van der Waals surface area contributed by atoms with E-state index in [2.05, 4.69) is 4.99 Å². The molecule has 0 saturated carbocycles. The number of benzene rings is 2. The number of carbonyl (C=O) groups is 2. The number of ether oxygens (including phenoxy) is 2. The number of para-hydroxylation sites is 1. The lowest BCUT2D eigenvalue weighted by molar-refractivity contribution is -0.141. The quantitative estimate of drug-likeness (QED) is 0.552. The van der Waals surface area contributed by atoms with E-state index < -0.39 is 12.0 Å². The van der Waals surface area contributed by atoms with Crippen LogP contribution in [-0.2, 0) is 20.9 Å². The average Bonchev–Trinajstić information content (AvgIpc) is 3.16. The highest BCUT2D eigenvalue weighted by molar-refractivity contribution is 8.15. The number of rotatable bonds is 7. The minimum Gasteiger partial charge on any atom is -0.496 e. The highest BCUT2D eigenvalue weighted by atomic mass is 32.2. The number of allylic oxidation sites excluding steroid dienone is 1. The van der Waals surface area contributed by atoms with Crippen LogP contribution in [0.1, 0.15) is 31.4 Å². The van der Waals surface area contributed by atoms with Crippen molar-refractivity contribution < 1.29 is 19.1 Å². The molecule has 2 aliphatic rings. The molecule has 7 heteroatoms. The van der Waals surface area contributed by atoms with Gasteiger partial charge in [0.1, 0.15) is 12.4 Å². The van der Waals surface area contributed by atoms with Gasteiger partial charge in [-0.05, 0) is 25.0 Å². The zero-order valence-corrected chi connectivity index (χ0v) is 19.7. The maximum Gasteiger partial charge on any atom is 0.338 e. The molecule has 0 bridgehead atoms. The van der Waals surface area contributed by atoms with Gasteiger partial charge in [0.2, 0.25) is 5.91 Å². The van der Waals surface area contributed by atoms with Gasteiger partial charge in [0, 0.05) is 5.56 Å². The third-order valence-corrected chi connectivity index (χ3v) is 6.91. The van der Waals surface area contributed by atoms with Gasteiger partial charge in [-0.2, -0.15) is 0 Å². The van der Waals surface area contributed by atoms with Crippen molar-refractivity contribution in [3.8, 4) is 5.75 Å². The van der Waals surface area contributed by atoms with Gasteiger partial charge in [0.05, 0.1) is 29.7 Å². The van der Waals surface area contributed by atoms with Gasteiger partial charge in [-0.25, -0.2) is 9.79 Å². The van der Waals surface area contributed by atoms with E-state index in [1.807, 2.05) is 73.7 Å². The van der Waals surface area contributed by atoms with E-state index in [1.54, 1.807) is 18.9 Å². The van der Waals surface area contributed by atoms with Crippen LogP contribution in [0.3, 0.4) is 0 Å². The summed E-state index contributed by atoms with van der Waals surface area (Å²) in [4.78, 5) is 32.6. The molecule has 0 N–H and O–H groups in total. The van der Waals surface area contributed by atoms with Gasteiger partial charge >= 0.3 is 5.97 Å². The summed E-state index contributed by atoms with van der Waals surface area (Å²) >= 11 is 1.45. The first-order valence-electron chi connectivity index (χ1n) is 10.8. The summed E-state index contributed by atoms with van der Waals surface area (Å²) in [6.45, 7) is 3.91. The topological polar surface area (TPSA) is 68.2 Å². The fourth-order valence-corrected chi connectivity index (χ4v) is 5.02. The van der Waals surface area contributed by atoms with Crippen LogP contribution in [0.5, 0.6) is 5.75 Å². The summed E-state index contributed by atoms with van der Waals surface area (Å²) in [5.41, 5.74) is 2.67. The van der Waals surface area contributed by atoms with Crippen LogP contribution in [0.4, 0.5) is 0 Å². The number of thioether (sulfide) groups is 1. The summed E-state index contributed by atoms with van der Waals surface area (Å²) in [5, 5.41) is 0.414. The Morgan fingerprint density at radius 2 is 1.88 bits per heavy atom. The summed E-state index contributed by atoms with van der Waals surface area (Å²) in [5.74, 6) is 0.185. The third kappa shape index (κ3) is 4.73. The molecule has 6 nitrogen and oxygen atoms in total. The number of amides is 1. The summed E-state index contributed by atoms with van der Waals surface area (Å²) < 4.78 is 11.1. The summed E-state index contributed by atoms with van der Waals surface area (Å²) in [6.07, 6.45) is 4.42. The number of amidine groups is 1. The van der Waals surface area contributed by atoms with E-state index in [1.165, 1.54) is 11.8 Å². The first-order valence-corrected chi connectivity index (χ1v) is 11.7. The minimum absolute atomic E-state index is 0.0446. The van der Waals surface area contributed by atoms with Crippen molar-refractivity contribution in [2.24, 2.45) is 4.99 Å². The molecule has 1 fully saturated rings. The normalized spacial score (nSPS) is 20.2. The van der Waals surface area contributed by atoms with Gasteiger partial charge in [0.15, 0.2) is 5.17 Å². The Kier molecular flexibility index (Phi) is 6.99. The highest BCUT2D eigenvalue weighted by Gasteiger charge is 2.45. The first kappa shape index (κ1) is 22.9. The molecule has 33 heavy (non-hydrogen) atoms. The lowest BCUT2D eigenvalue weighted by atomic mass is 10.00. The molecule has 2 atom stereocenters. The van der Waals surface area contributed by atoms with Gasteiger partial charge in [0.25, 0.3) is 0 Å². The smallest absolute Gasteiger partial charge is 0.338 e. The van der Waals surface area contributed by atoms with Crippen molar-refractivity contribution in [1.29, 1.82) is 0 Å². The number of hydrogen-bond acceptors (Lipinski definition) is 6. The first-order chi connectivity index (χ1) is 16.0. The summed E-state index contributed by atoms with van der Waals surface area (Å²) in [6, 6.07) is 16.5. The van der Waals surface area contributed by atoms with Gasteiger partial charge in [-0.1, -0.05) is 79.4 Å². The molecular weight excluding hydrogens is 436 g/mol. The Bertz CT molecular complexity index is 1140. The zero-order valence-electron chi connectivity index (χ0n) is 18.9. The number of aliphatic imine (C=N–C) groups is 1. The van der Waals surface area contributed by atoms with Crippen molar-refractivity contribution in [3.05, 3.63) is 83.1 Å². The molecule has 0 radical (unpaired) electrons. The van der Waals surface area contributed by atoms with Crippen LogP contribution in [0.2, 0.25) is 0 Å². The Labute approximate surface area is 198 Å². The lowest BCUT2D eigenvalue weighted by Gasteiger charge is -2.30. The van der Waals surface area contributed by atoms with Gasteiger partial charge in [-0.15, -0.1) is 0 Å². The highest BCUT2D eigenvalue weighted by Crippen LogP contribution is 2.38. The molecule has 2 heterocycles. The van der Waals surface area contributed by atoms with E-state index in [-0.39, 0.29) is 17.8 Å². The predicted octanol–water partition coefficient (Wildman–Crippen LogP) is 4.82. The molecule has 0 aliphatic carbocycles. The van der Waals surface area contributed by atoms with E-state index in [9.17, 15) is 9.59 Å². The third-order valence-electron chi connectivity index (χ3n) is 5.59. The second-order valence-electron chi connectivity index (χ2n) is 7.72. The molecule has 0 aromatic heterocycles.